The maximum Gasteiger partial charge on any atom is 0.448 e. The van der Waals surface area contributed by atoms with Crippen molar-refractivity contribution in [1.29, 1.82) is 0 Å². The largest absolute Gasteiger partial charge is 0.504 e. The number of amides is 2. The fourth-order valence-electron chi connectivity index (χ4n) is 2.94. The number of allylic oxidation sites excluding steroid dienone is 2. The Hall–Kier alpha value is -4.18. The lowest BCUT2D eigenvalue weighted by Gasteiger charge is -2.06. The van der Waals surface area contributed by atoms with Gasteiger partial charge < -0.3 is 20.8 Å². The third-order valence-corrected chi connectivity index (χ3v) is 6.56. The number of hydrogen-bond donors (Lipinski definition) is 4. The van der Waals surface area contributed by atoms with Gasteiger partial charge in [-0.25, -0.2) is 9.97 Å². The summed E-state index contributed by atoms with van der Waals surface area (Å²) in [6, 6.07) is 8.32. The molecule has 4 aromatic rings. The SMILES string of the molecule is O=C(Nc1ccc2nc(/C=C(\O)C(F)(F)F)sc2c1)C(=O)Nc1ccc2nc(/C=C(\O)C(F)(F)F)sc2c1. The van der Waals surface area contributed by atoms with Crippen LogP contribution < -0.4 is 10.6 Å². The topological polar surface area (TPSA) is 124 Å². The van der Waals surface area contributed by atoms with Crippen LogP contribution >= 0.6 is 22.7 Å². The van der Waals surface area contributed by atoms with Crippen molar-refractivity contribution in [3.05, 3.63) is 57.9 Å². The summed E-state index contributed by atoms with van der Waals surface area (Å²) < 4.78 is 75.8. The Labute approximate surface area is 215 Å². The minimum Gasteiger partial charge on any atom is -0.504 e. The van der Waals surface area contributed by atoms with Gasteiger partial charge in [0.2, 0.25) is 11.5 Å². The van der Waals surface area contributed by atoms with E-state index in [1.807, 2.05) is 0 Å². The van der Waals surface area contributed by atoms with Crippen LogP contribution in [0.1, 0.15) is 10.0 Å². The normalized spacial score (nSPS) is 13.2. The molecule has 16 heteroatoms. The van der Waals surface area contributed by atoms with E-state index in [-0.39, 0.29) is 21.4 Å². The van der Waals surface area contributed by atoms with Gasteiger partial charge in [-0.3, -0.25) is 9.59 Å². The Morgan fingerprint density at radius 3 is 1.42 bits per heavy atom. The Balaban J connectivity index is 1.45. The highest BCUT2D eigenvalue weighted by Gasteiger charge is 2.34. The van der Waals surface area contributed by atoms with Crippen molar-refractivity contribution in [2.45, 2.75) is 12.4 Å². The molecular weight excluding hydrogens is 562 g/mol. The number of carbonyl (C=O) groups excluding carboxylic acids is 2. The van der Waals surface area contributed by atoms with Gasteiger partial charge in [0.05, 0.1) is 20.4 Å². The number of nitrogens with one attached hydrogen (secondary N) is 2. The number of aliphatic hydroxyl groups excluding tert-OH is 2. The Bertz CT molecular complexity index is 1500. The summed E-state index contributed by atoms with van der Waals surface area (Å²) >= 11 is 1.63. The minimum absolute atomic E-state index is 0.123. The van der Waals surface area contributed by atoms with Gasteiger partial charge in [0.25, 0.3) is 0 Å². The lowest BCUT2D eigenvalue weighted by molar-refractivity contribution is -0.132. The molecule has 0 saturated heterocycles. The number of alkyl halides is 6. The van der Waals surface area contributed by atoms with Crippen molar-refractivity contribution in [2.75, 3.05) is 10.6 Å². The van der Waals surface area contributed by atoms with E-state index in [0.29, 0.717) is 32.6 Å². The lowest BCUT2D eigenvalue weighted by Crippen LogP contribution is -2.29. The third-order valence-electron chi connectivity index (χ3n) is 4.63. The van der Waals surface area contributed by atoms with E-state index >= 15 is 0 Å². The first-order valence-corrected chi connectivity index (χ1v) is 11.7. The fraction of sp³-hybridized carbons (Fsp3) is 0.0909. The summed E-state index contributed by atoms with van der Waals surface area (Å²) in [6.07, 6.45) is -8.92. The molecule has 0 saturated carbocycles. The molecule has 2 aromatic carbocycles. The molecule has 2 amide bonds. The standard InChI is InChI=1S/C22H12F6N4O4S2/c23-21(24,25)15(33)7-17-31-11-3-1-9(5-13(11)37-17)29-19(35)20(36)30-10-2-4-12-14(6-10)38-18(32-12)8-16(34)22(26,27)28/h1-8,33-34H,(H,29,35)(H,30,36)/b15-7-,16-8-. The molecular formula is C22H12F6N4O4S2. The second kappa shape index (κ2) is 9.94. The maximum atomic E-state index is 12.5. The van der Waals surface area contributed by atoms with Gasteiger partial charge >= 0.3 is 24.2 Å². The molecule has 2 aromatic heterocycles. The van der Waals surface area contributed by atoms with Gasteiger partial charge in [0.1, 0.15) is 10.0 Å². The lowest BCUT2D eigenvalue weighted by atomic mass is 10.3. The summed E-state index contributed by atoms with van der Waals surface area (Å²) in [5.41, 5.74) is 0.898. The predicted molar refractivity (Wildman–Crippen MR) is 130 cm³/mol. The van der Waals surface area contributed by atoms with E-state index in [4.69, 9.17) is 10.2 Å². The Morgan fingerprint density at radius 1 is 0.711 bits per heavy atom. The number of hydrogen-bond acceptors (Lipinski definition) is 8. The van der Waals surface area contributed by atoms with Gasteiger partial charge in [-0.15, -0.1) is 22.7 Å². The molecule has 0 unspecified atom stereocenters. The molecule has 0 radical (unpaired) electrons. The summed E-state index contributed by atoms with van der Waals surface area (Å²) in [5.74, 6) is -5.78. The molecule has 2 heterocycles. The summed E-state index contributed by atoms with van der Waals surface area (Å²) in [4.78, 5) is 32.6. The molecule has 4 N–H and O–H groups in total. The van der Waals surface area contributed by atoms with Crippen LogP contribution in [0.4, 0.5) is 37.7 Å². The van der Waals surface area contributed by atoms with E-state index in [1.165, 1.54) is 36.4 Å². The van der Waals surface area contributed by atoms with E-state index in [2.05, 4.69) is 20.6 Å². The maximum absolute atomic E-state index is 12.5. The Morgan fingerprint density at radius 2 is 1.08 bits per heavy atom. The van der Waals surface area contributed by atoms with Crippen LogP contribution in [-0.2, 0) is 9.59 Å². The highest BCUT2D eigenvalue weighted by Crippen LogP contribution is 2.31. The number of nitrogens with zero attached hydrogens (tertiary/aromatic N) is 2. The number of aromatic nitrogens is 2. The summed E-state index contributed by atoms with van der Waals surface area (Å²) in [5, 5.41) is 22.6. The molecule has 0 spiro atoms. The van der Waals surface area contributed by atoms with E-state index in [9.17, 15) is 35.9 Å². The van der Waals surface area contributed by atoms with Crippen LogP contribution in [0, 0.1) is 0 Å². The molecule has 0 fully saturated rings. The molecule has 38 heavy (non-hydrogen) atoms. The van der Waals surface area contributed by atoms with Gasteiger partial charge in [-0.1, -0.05) is 0 Å². The average Bonchev–Trinajstić information content (AvgIpc) is 3.39. The smallest absolute Gasteiger partial charge is 0.448 e. The second-order valence-electron chi connectivity index (χ2n) is 7.43. The number of carbonyl (C=O) groups is 2. The molecule has 0 aliphatic carbocycles. The third kappa shape index (κ3) is 6.20. The first kappa shape index (κ1) is 26.9. The Kier molecular flexibility index (Phi) is 7.03. The first-order chi connectivity index (χ1) is 17.7. The fourth-order valence-corrected chi connectivity index (χ4v) is 4.83. The molecule has 0 atom stereocenters. The van der Waals surface area contributed by atoms with Crippen molar-refractivity contribution in [2.24, 2.45) is 0 Å². The van der Waals surface area contributed by atoms with Crippen LogP contribution in [0.2, 0.25) is 0 Å². The van der Waals surface area contributed by atoms with E-state index < -0.39 is 35.7 Å². The number of rotatable bonds is 4. The molecule has 198 valence electrons. The predicted octanol–water partition coefficient (Wildman–Crippen LogP) is 6.41. The van der Waals surface area contributed by atoms with Gasteiger partial charge in [0.15, 0.2) is 0 Å². The zero-order valence-electron chi connectivity index (χ0n) is 18.3. The van der Waals surface area contributed by atoms with Crippen molar-refractivity contribution in [3.8, 4) is 0 Å². The van der Waals surface area contributed by atoms with E-state index in [0.717, 1.165) is 22.7 Å². The molecule has 4 rings (SSSR count). The summed E-state index contributed by atoms with van der Waals surface area (Å²) in [7, 11) is 0. The van der Waals surface area contributed by atoms with Crippen LogP contribution in [0.15, 0.2) is 47.9 Å². The highest BCUT2D eigenvalue weighted by molar-refractivity contribution is 7.19. The van der Waals surface area contributed by atoms with Gasteiger partial charge in [-0.05, 0) is 36.4 Å². The number of anilines is 2. The number of aliphatic hydroxyl groups is 2. The molecule has 0 bridgehead atoms. The zero-order chi connectivity index (χ0) is 27.8. The van der Waals surface area contributed by atoms with Crippen LogP contribution in [0.25, 0.3) is 32.6 Å². The van der Waals surface area contributed by atoms with Crippen LogP contribution in [0.3, 0.4) is 0 Å². The van der Waals surface area contributed by atoms with Crippen LogP contribution in [-0.4, -0.2) is 44.3 Å². The molecule has 0 aliphatic rings. The number of fused-ring (bicyclic) bond motifs is 2. The monoisotopic (exact) mass is 574 g/mol. The molecule has 8 nitrogen and oxygen atoms in total. The zero-order valence-corrected chi connectivity index (χ0v) is 19.9. The second-order valence-corrected chi connectivity index (χ2v) is 9.56. The molecule has 0 aliphatic heterocycles. The highest BCUT2D eigenvalue weighted by atomic mass is 32.1. The van der Waals surface area contributed by atoms with Crippen molar-refractivity contribution >= 4 is 78.4 Å². The minimum atomic E-state index is -4.93. The van der Waals surface area contributed by atoms with Crippen molar-refractivity contribution in [1.82, 2.24) is 9.97 Å². The number of benzene rings is 2. The average molecular weight is 574 g/mol. The number of thiazole rings is 2. The number of halogens is 6. The summed E-state index contributed by atoms with van der Waals surface area (Å²) in [6.45, 7) is 0. The van der Waals surface area contributed by atoms with E-state index in [1.54, 1.807) is 0 Å². The van der Waals surface area contributed by atoms with Gasteiger partial charge in [0, 0.05) is 23.5 Å². The first-order valence-electron chi connectivity index (χ1n) is 10.1. The van der Waals surface area contributed by atoms with Crippen molar-refractivity contribution in [3.63, 3.8) is 0 Å². The van der Waals surface area contributed by atoms with Gasteiger partial charge in [-0.2, -0.15) is 26.3 Å². The van der Waals surface area contributed by atoms with Crippen molar-refractivity contribution < 1.29 is 46.1 Å². The quantitative estimate of drug-likeness (QED) is 0.127. The van der Waals surface area contributed by atoms with Crippen LogP contribution in [0.5, 0.6) is 0 Å².